The van der Waals surface area contributed by atoms with E-state index in [4.69, 9.17) is 16.3 Å². The van der Waals surface area contributed by atoms with Gasteiger partial charge in [-0.2, -0.15) is 0 Å². The van der Waals surface area contributed by atoms with Gasteiger partial charge in [0.05, 0.1) is 6.54 Å². The highest BCUT2D eigenvalue weighted by atomic mass is 35.5. The minimum atomic E-state index is -0.450. The van der Waals surface area contributed by atoms with Crippen molar-refractivity contribution in [3.63, 3.8) is 0 Å². The number of rotatable bonds is 7. The molecule has 2 amide bonds. The summed E-state index contributed by atoms with van der Waals surface area (Å²) >= 11 is 5.77. The maximum Gasteiger partial charge on any atom is 0.276 e. The molecule has 25 heavy (non-hydrogen) atoms. The Hall–Kier alpha value is -2.57. The van der Waals surface area contributed by atoms with Crippen molar-refractivity contribution >= 4 is 23.4 Å². The molecular weight excluding hydrogens is 342 g/mol. The van der Waals surface area contributed by atoms with Crippen molar-refractivity contribution in [2.45, 2.75) is 6.54 Å². The third-order valence-corrected chi connectivity index (χ3v) is 3.49. The summed E-state index contributed by atoms with van der Waals surface area (Å²) in [5.41, 5.74) is 5.79. The molecular formula is C18H20ClN3O3. The fraction of sp³-hybridized carbons (Fsp3) is 0.222. The molecule has 0 aromatic heterocycles. The maximum absolute atomic E-state index is 11.8. The largest absolute Gasteiger partial charge is 0.484 e. The second-order valence-corrected chi connectivity index (χ2v) is 5.93. The van der Waals surface area contributed by atoms with Crippen molar-refractivity contribution in [1.29, 1.82) is 0 Å². The summed E-state index contributed by atoms with van der Waals surface area (Å²) < 4.78 is 5.28. The van der Waals surface area contributed by atoms with Gasteiger partial charge in [0.15, 0.2) is 6.61 Å². The van der Waals surface area contributed by atoms with E-state index in [1.807, 2.05) is 42.3 Å². The van der Waals surface area contributed by atoms with Gasteiger partial charge in [-0.25, -0.2) is 0 Å². The number of benzene rings is 2. The van der Waals surface area contributed by atoms with Gasteiger partial charge in [0.2, 0.25) is 0 Å². The molecule has 6 nitrogen and oxygen atoms in total. The molecule has 0 atom stereocenters. The van der Waals surface area contributed by atoms with E-state index in [1.165, 1.54) is 0 Å². The molecule has 0 saturated heterocycles. The van der Waals surface area contributed by atoms with Crippen LogP contribution >= 0.6 is 11.6 Å². The van der Waals surface area contributed by atoms with Gasteiger partial charge in [-0.15, -0.1) is 0 Å². The second-order valence-electron chi connectivity index (χ2n) is 5.50. The van der Waals surface area contributed by atoms with Crippen LogP contribution in [0, 0.1) is 0 Å². The van der Waals surface area contributed by atoms with Crippen LogP contribution in [0.25, 0.3) is 0 Å². The van der Waals surface area contributed by atoms with Crippen molar-refractivity contribution in [3.8, 4) is 5.75 Å². The lowest BCUT2D eigenvalue weighted by atomic mass is 10.2. The molecule has 0 spiro atoms. The van der Waals surface area contributed by atoms with Gasteiger partial charge in [0.25, 0.3) is 11.8 Å². The number of nitrogens with one attached hydrogen (secondary N) is 2. The summed E-state index contributed by atoms with van der Waals surface area (Å²) in [6, 6.07) is 16.5. The molecule has 2 aromatic carbocycles. The van der Waals surface area contributed by atoms with Crippen LogP contribution in [0.3, 0.4) is 0 Å². The Labute approximate surface area is 151 Å². The second kappa shape index (κ2) is 9.66. The molecule has 2 N–H and O–H groups in total. The average Bonchev–Trinajstić information content (AvgIpc) is 2.60. The zero-order valence-corrected chi connectivity index (χ0v) is 14.6. The van der Waals surface area contributed by atoms with Crippen LogP contribution in [0.4, 0.5) is 0 Å². The Balaban J connectivity index is 1.65. The predicted molar refractivity (Wildman–Crippen MR) is 96.0 cm³/mol. The highest BCUT2D eigenvalue weighted by Crippen LogP contribution is 2.15. The van der Waals surface area contributed by atoms with E-state index in [0.717, 1.165) is 5.56 Å². The van der Waals surface area contributed by atoms with Crippen LogP contribution in [0.5, 0.6) is 5.75 Å². The Morgan fingerprint density at radius 3 is 2.32 bits per heavy atom. The first-order chi connectivity index (χ1) is 12.0. The number of carbonyl (C=O) groups excluding carboxylic acids is 2. The molecule has 0 unspecified atom stereocenters. The van der Waals surface area contributed by atoms with Gasteiger partial charge in [-0.3, -0.25) is 25.3 Å². The zero-order chi connectivity index (χ0) is 18.1. The van der Waals surface area contributed by atoms with E-state index in [1.54, 1.807) is 24.3 Å². The molecule has 0 fully saturated rings. The third kappa shape index (κ3) is 7.24. The van der Waals surface area contributed by atoms with E-state index >= 15 is 0 Å². The van der Waals surface area contributed by atoms with Crippen molar-refractivity contribution in [1.82, 2.24) is 15.8 Å². The summed E-state index contributed by atoms with van der Waals surface area (Å²) in [7, 11) is 1.83. The normalized spacial score (nSPS) is 10.4. The fourth-order valence-corrected chi connectivity index (χ4v) is 2.22. The summed E-state index contributed by atoms with van der Waals surface area (Å²) in [5.74, 6) is -0.235. The number of ether oxygens (including phenoxy) is 1. The van der Waals surface area contributed by atoms with E-state index < -0.39 is 5.91 Å². The lowest BCUT2D eigenvalue weighted by molar-refractivity contribution is -0.130. The molecule has 0 aliphatic carbocycles. The molecule has 0 heterocycles. The number of halogens is 1. The zero-order valence-electron chi connectivity index (χ0n) is 13.9. The van der Waals surface area contributed by atoms with Gasteiger partial charge < -0.3 is 4.74 Å². The van der Waals surface area contributed by atoms with E-state index in [0.29, 0.717) is 17.3 Å². The number of hydrazine groups is 1. The molecule has 0 radical (unpaired) electrons. The Morgan fingerprint density at radius 2 is 1.64 bits per heavy atom. The first-order valence-electron chi connectivity index (χ1n) is 7.71. The maximum atomic E-state index is 11.8. The van der Waals surface area contributed by atoms with Crippen molar-refractivity contribution in [2.75, 3.05) is 20.2 Å². The van der Waals surface area contributed by atoms with Crippen molar-refractivity contribution in [2.24, 2.45) is 0 Å². The summed E-state index contributed by atoms with van der Waals surface area (Å²) in [6.45, 7) is 0.594. The van der Waals surface area contributed by atoms with E-state index in [2.05, 4.69) is 10.9 Å². The van der Waals surface area contributed by atoms with Crippen LogP contribution in [-0.4, -0.2) is 36.9 Å². The summed E-state index contributed by atoms with van der Waals surface area (Å²) in [6.07, 6.45) is 0. The SMILES string of the molecule is CN(CC(=O)NNC(=O)COc1ccc(Cl)cc1)Cc1ccccc1. The quantitative estimate of drug-likeness (QED) is 0.740. The van der Waals surface area contributed by atoms with Gasteiger partial charge >= 0.3 is 0 Å². The Morgan fingerprint density at radius 1 is 1.00 bits per heavy atom. The monoisotopic (exact) mass is 361 g/mol. The molecule has 7 heteroatoms. The smallest absolute Gasteiger partial charge is 0.276 e. The Bertz CT molecular complexity index is 692. The van der Waals surface area contributed by atoms with Crippen molar-refractivity contribution < 1.29 is 14.3 Å². The van der Waals surface area contributed by atoms with Gasteiger partial charge in [-0.1, -0.05) is 41.9 Å². The topological polar surface area (TPSA) is 70.7 Å². The molecule has 2 rings (SSSR count). The van der Waals surface area contributed by atoms with Crippen molar-refractivity contribution in [3.05, 3.63) is 65.2 Å². The van der Waals surface area contributed by atoms with Crippen LogP contribution < -0.4 is 15.6 Å². The summed E-state index contributed by atoms with van der Waals surface area (Å²) in [4.78, 5) is 25.4. The highest BCUT2D eigenvalue weighted by molar-refractivity contribution is 6.30. The average molecular weight is 362 g/mol. The number of hydrogen-bond acceptors (Lipinski definition) is 4. The van der Waals surface area contributed by atoms with Gasteiger partial charge in [0.1, 0.15) is 5.75 Å². The van der Waals surface area contributed by atoms with E-state index in [-0.39, 0.29) is 19.1 Å². The van der Waals surface area contributed by atoms with Gasteiger partial charge in [-0.05, 0) is 36.9 Å². The first-order valence-corrected chi connectivity index (χ1v) is 8.09. The lowest BCUT2D eigenvalue weighted by Gasteiger charge is -2.16. The number of carbonyl (C=O) groups is 2. The first kappa shape index (κ1) is 18.8. The highest BCUT2D eigenvalue weighted by Gasteiger charge is 2.09. The number of hydrogen-bond donors (Lipinski definition) is 2. The summed E-state index contributed by atoms with van der Waals surface area (Å²) in [5, 5.41) is 0.587. The predicted octanol–water partition coefficient (Wildman–Crippen LogP) is 2.00. The molecule has 0 aliphatic rings. The number of likely N-dealkylation sites (N-methyl/N-ethyl adjacent to an activating group) is 1. The van der Waals surface area contributed by atoms with Crippen LogP contribution in [0.15, 0.2) is 54.6 Å². The van der Waals surface area contributed by atoms with Crippen LogP contribution in [-0.2, 0) is 16.1 Å². The number of nitrogens with zero attached hydrogens (tertiary/aromatic N) is 1. The minimum absolute atomic E-state index is 0.160. The number of amides is 2. The molecule has 0 saturated carbocycles. The molecule has 2 aromatic rings. The molecule has 0 aliphatic heterocycles. The van der Waals surface area contributed by atoms with Crippen LogP contribution in [0.2, 0.25) is 5.02 Å². The van der Waals surface area contributed by atoms with E-state index in [9.17, 15) is 9.59 Å². The van der Waals surface area contributed by atoms with Crippen LogP contribution in [0.1, 0.15) is 5.56 Å². The Kier molecular flexibility index (Phi) is 7.25. The molecule has 132 valence electrons. The standard InChI is InChI=1S/C18H20ClN3O3/c1-22(11-14-5-3-2-4-6-14)12-17(23)20-21-18(24)13-25-16-9-7-15(19)8-10-16/h2-10H,11-13H2,1H3,(H,20,23)(H,21,24). The lowest BCUT2D eigenvalue weighted by Crippen LogP contribution is -2.47. The molecule has 0 bridgehead atoms. The third-order valence-electron chi connectivity index (χ3n) is 3.23. The minimum Gasteiger partial charge on any atom is -0.484 e. The fourth-order valence-electron chi connectivity index (χ4n) is 2.09. The van der Waals surface area contributed by atoms with Gasteiger partial charge in [0, 0.05) is 11.6 Å².